The Morgan fingerprint density at radius 3 is 2.20 bits per heavy atom. The number of benzene rings is 2. The van der Waals surface area contributed by atoms with Crippen LogP contribution < -0.4 is 5.32 Å². The lowest BCUT2D eigenvalue weighted by atomic mass is 9.96. The molecule has 0 aliphatic carbocycles. The molecule has 2 unspecified atom stereocenters. The lowest BCUT2D eigenvalue weighted by molar-refractivity contribution is -0.204. The number of nitrogens with zero attached hydrogens (tertiary/aromatic N) is 1. The average Bonchev–Trinajstić information content (AvgIpc) is 3.47. The van der Waals surface area contributed by atoms with Crippen molar-refractivity contribution in [1.82, 2.24) is 10.2 Å². The van der Waals surface area contributed by atoms with Crippen LogP contribution in [-0.4, -0.2) is 52.9 Å². The van der Waals surface area contributed by atoms with Crippen molar-refractivity contribution in [2.24, 2.45) is 0 Å². The van der Waals surface area contributed by atoms with Crippen LogP contribution in [0, 0.1) is 0 Å². The summed E-state index contributed by atoms with van der Waals surface area (Å²) in [6, 6.07) is 20.7. The van der Waals surface area contributed by atoms with Gasteiger partial charge in [-0.2, -0.15) is 0 Å². The molecular weight excluding hydrogens is 552 g/mol. The molecule has 1 saturated heterocycles. The molecule has 3 aromatic rings. The van der Waals surface area contributed by atoms with Crippen LogP contribution in [0.2, 0.25) is 0 Å². The zero-order chi connectivity index (χ0) is 28.3. The number of rotatable bonds is 9. The monoisotopic (exact) mass is 578 g/mol. The molecule has 2 amide bonds. The number of nitrogens with one attached hydrogen (secondary N) is 1. The minimum atomic E-state index is -1.70. The minimum Gasteiger partial charge on any atom is -0.451 e. The van der Waals surface area contributed by atoms with E-state index in [2.05, 4.69) is 5.32 Å². The van der Waals surface area contributed by atoms with Crippen LogP contribution in [0.3, 0.4) is 0 Å². The third-order valence-corrected chi connectivity index (χ3v) is 8.56. The number of amides is 2. The van der Waals surface area contributed by atoms with Gasteiger partial charge >= 0.3 is 11.9 Å². The number of esters is 2. The van der Waals surface area contributed by atoms with Gasteiger partial charge in [0.1, 0.15) is 11.1 Å². The van der Waals surface area contributed by atoms with Gasteiger partial charge in [-0.3, -0.25) is 14.4 Å². The van der Waals surface area contributed by atoms with E-state index in [1.807, 2.05) is 78.2 Å². The molecule has 0 bridgehead atoms. The Labute approximate surface area is 239 Å². The van der Waals surface area contributed by atoms with Crippen molar-refractivity contribution in [2.75, 3.05) is 7.11 Å². The number of thiophene rings is 1. The Morgan fingerprint density at radius 1 is 1.00 bits per heavy atom. The first-order chi connectivity index (χ1) is 19.3. The molecule has 0 saturated carbocycles. The van der Waals surface area contributed by atoms with Gasteiger partial charge in [0, 0.05) is 24.3 Å². The predicted octanol–water partition coefficient (Wildman–Crippen LogP) is 3.77. The smallest absolute Gasteiger partial charge is 0.337 e. The van der Waals surface area contributed by atoms with E-state index in [-0.39, 0.29) is 12.2 Å². The summed E-state index contributed by atoms with van der Waals surface area (Å²) in [6.07, 6.45) is -0.709. The van der Waals surface area contributed by atoms with Crippen molar-refractivity contribution >= 4 is 46.9 Å². The van der Waals surface area contributed by atoms with E-state index < -0.39 is 47.0 Å². The normalized spacial score (nSPS) is 21.6. The van der Waals surface area contributed by atoms with E-state index in [1.165, 1.54) is 35.7 Å². The largest absolute Gasteiger partial charge is 0.451 e. The number of hydrogen-bond donors (Lipinski definition) is 1. The third-order valence-electron chi connectivity index (χ3n) is 6.50. The maximum absolute atomic E-state index is 13.8. The van der Waals surface area contributed by atoms with Crippen molar-refractivity contribution < 1.29 is 33.4 Å². The molecule has 11 heteroatoms. The Kier molecular flexibility index (Phi) is 8.06. The first kappa shape index (κ1) is 27.6. The van der Waals surface area contributed by atoms with Crippen LogP contribution in [0.15, 0.2) is 89.3 Å². The third kappa shape index (κ3) is 5.27. The number of fused-ring (bicyclic) bond motifs is 1. The molecule has 1 N–H and O–H groups in total. The zero-order valence-corrected chi connectivity index (χ0v) is 23.3. The molecule has 0 radical (unpaired) electrons. The van der Waals surface area contributed by atoms with Crippen molar-refractivity contribution in [2.45, 2.75) is 36.6 Å². The van der Waals surface area contributed by atoms with Gasteiger partial charge in [0.15, 0.2) is 12.1 Å². The Balaban J connectivity index is 1.44. The maximum atomic E-state index is 13.8. The highest BCUT2D eigenvalue weighted by molar-refractivity contribution is 8.03. The van der Waals surface area contributed by atoms with Gasteiger partial charge in [0.25, 0.3) is 11.6 Å². The molecule has 1 aromatic heterocycles. The van der Waals surface area contributed by atoms with E-state index in [0.29, 0.717) is 0 Å². The topological polar surface area (TPSA) is 111 Å². The standard InChI is InChI=1S/C29H26N2O7S2/c1-18(32)37-22-17-40-28-29(36-2,30-23(33)16-21-14-9-15-39-21)27(35)31(28)24(22)26(34)38-25(19-10-5-3-6-11-19)20-12-7-4-8-13-20/h3-15,17,24-25,28H,16H2,1-2H3,(H,30,33)/t24?,28-,29?/m0/s1. The number of β-lactam (4-membered cyclic amide) rings is 1. The number of thioether (sulfide) groups is 1. The minimum absolute atomic E-state index is 0.0402. The molecule has 2 aliphatic heterocycles. The van der Waals surface area contributed by atoms with E-state index >= 15 is 0 Å². The molecule has 1 fully saturated rings. The number of ether oxygens (including phenoxy) is 3. The molecule has 3 heterocycles. The summed E-state index contributed by atoms with van der Waals surface area (Å²) in [5.41, 5.74) is -0.249. The Bertz CT molecular complexity index is 1390. The highest BCUT2D eigenvalue weighted by Crippen LogP contribution is 2.47. The van der Waals surface area contributed by atoms with Crippen molar-refractivity contribution in [1.29, 1.82) is 0 Å². The SMILES string of the molecule is COC1(NC(=O)Cc2cccs2)C(=O)N2C(C(=O)OC(c3ccccc3)c3ccccc3)C(OC(C)=O)=CS[C@H]21. The molecule has 40 heavy (non-hydrogen) atoms. The van der Waals surface area contributed by atoms with E-state index in [4.69, 9.17) is 14.2 Å². The van der Waals surface area contributed by atoms with Crippen molar-refractivity contribution in [3.05, 3.63) is 105 Å². The summed E-state index contributed by atoms with van der Waals surface area (Å²) in [4.78, 5) is 54.3. The van der Waals surface area contributed by atoms with E-state index in [9.17, 15) is 19.2 Å². The van der Waals surface area contributed by atoms with Crippen LogP contribution in [-0.2, 0) is 39.8 Å². The lowest BCUT2D eigenvalue weighted by Crippen LogP contribution is -2.83. The summed E-state index contributed by atoms with van der Waals surface area (Å²) in [6.45, 7) is 1.21. The maximum Gasteiger partial charge on any atom is 0.337 e. The number of methoxy groups -OCH3 is 1. The molecule has 206 valence electrons. The second kappa shape index (κ2) is 11.7. The fourth-order valence-electron chi connectivity index (χ4n) is 4.70. The van der Waals surface area contributed by atoms with Gasteiger partial charge < -0.3 is 24.4 Å². The summed E-state index contributed by atoms with van der Waals surface area (Å²) in [5.74, 6) is -2.54. The van der Waals surface area contributed by atoms with Crippen LogP contribution >= 0.6 is 23.1 Å². The fourth-order valence-corrected chi connectivity index (χ4v) is 6.64. The van der Waals surface area contributed by atoms with E-state index in [1.54, 1.807) is 0 Å². The quantitative estimate of drug-likeness (QED) is 0.232. The number of hydrogen-bond acceptors (Lipinski definition) is 9. The van der Waals surface area contributed by atoms with Gasteiger partial charge in [-0.1, -0.05) is 78.5 Å². The molecule has 5 rings (SSSR count). The second-order valence-electron chi connectivity index (χ2n) is 9.10. The van der Waals surface area contributed by atoms with Crippen LogP contribution in [0.25, 0.3) is 0 Å². The zero-order valence-electron chi connectivity index (χ0n) is 21.6. The van der Waals surface area contributed by atoms with Gasteiger partial charge in [0.05, 0.1) is 6.42 Å². The van der Waals surface area contributed by atoms with E-state index in [0.717, 1.165) is 27.8 Å². The molecule has 2 aliphatic rings. The van der Waals surface area contributed by atoms with Gasteiger partial charge in [-0.15, -0.1) is 11.3 Å². The summed E-state index contributed by atoms with van der Waals surface area (Å²) in [7, 11) is 1.32. The van der Waals surface area contributed by atoms with Crippen LogP contribution in [0.4, 0.5) is 0 Å². The average molecular weight is 579 g/mol. The van der Waals surface area contributed by atoms with Crippen LogP contribution in [0.1, 0.15) is 29.0 Å². The lowest BCUT2D eigenvalue weighted by Gasteiger charge is -2.57. The summed E-state index contributed by atoms with van der Waals surface area (Å²) >= 11 is 2.53. The summed E-state index contributed by atoms with van der Waals surface area (Å²) < 4.78 is 17.0. The predicted molar refractivity (Wildman–Crippen MR) is 149 cm³/mol. The Hall–Kier alpha value is -3.93. The highest BCUT2D eigenvalue weighted by atomic mass is 32.2. The first-order valence-corrected chi connectivity index (χ1v) is 14.2. The highest BCUT2D eigenvalue weighted by Gasteiger charge is 2.68. The van der Waals surface area contributed by atoms with Crippen molar-refractivity contribution in [3.63, 3.8) is 0 Å². The second-order valence-corrected chi connectivity index (χ2v) is 11.1. The molecule has 3 atom stereocenters. The summed E-state index contributed by atoms with van der Waals surface area (Å²) in [5, 5.41) is 5.26. The molecular formula is C29H26N2O7S2. The molecule has 0 spiro atoms. The van der Waals surface area contributed by atoms with Gasteiger partial charge in [-0.05, 0) is 22.6 Å². The first-order valence-electron chi connectivity index (χ1n) is 12.4. The fraction of sp³-hybridized carbons (Fsp3) is 0.241. The Morgan fingerprint density at radius 2 is 1.65 bits per heavy atom. The van der Waals surface area contributed by atoms with Gasteiger partial charge in [-0.25, -0.2) is 4.79 Å². The van der Waals surface area contributed by atoms with Crippen LogP contribution in [0.5, 0.6) is 0 Å². The molecule has 2 aromatic carbocycles. The van der Waals surface area contributed by atoms with Gasteiger partial charge in [0.2, 0.25) is 5.91 Å². The molecule has 9 nitrogen and oxygen atoms in total. The number of carbonyl (C=O) groups is 4. The number of carbonyl (C=O) groups excluding carboxylic acids is 4. The van der Waals surface area contributed by atoms with Crippen molar-refractivity contribution in [3.8, 4) is 0 Å².